The summed E-state index contributed by atoms with van der Waals surface area (Å²) >= 11 is 0. The van der Waals surface area contributed by atoms with E-state index < -0.39 is 0 Å². The van der Waals surface area contributed by atoms with E-state index in [1.165, 1.54) is 55.6 Å². The number of hydrogen-bond acceptors (Lipinski definition) is 4. The van der Waals surface area contributed by atoms with Gasteiger partial charge in [-0.3, -0.25) is 0 Å². The maximum Gasteiger partial charge on any atom is 0.164 e. The van der Waals surface area contributed by atoms with Gasteiger partial charge in [-0.15, -0.1) is 0 Å². The van der Waals surface area contributed by atoms with Gasteiger partial charge in [0.25, 0.3) is 0 Å². The van der Waals surface area contributed by atoms with E-state index >= 15 is 0 Å². The molecule has 2 aromatic heterocycles. The molecule has 0 spiro atoms. The van der Waals surface area contributed by atoms with Crippen LogP contribution in [-0.2, 0) is 0 Å². The Morgan fingerprint density at radius 3 is 1.63 bits per heavy atom. The number of hydrogen-bond donors (Lipinski definition) is 0. The maximum absolute atomic E-state index is 4.98. The van der Waals surface area contributed by atoms with Crippen molar-refractivity contribution in [2.75, 3.05) is 4.90 Å². The van der Waals surface area contributed by atoms with Crippen LogP contribution in [0, 0.1) is 0 Å². The molecule has 5 heteroatoms. The fourth-order valence-corrected chi connectivity index (χ4v) is 9.38. The predicted octanol–water partition coefficient (Wildman–Crippen LogP) is 13.5. The topological polar surface area (TPSA) is 46.8 Å². The van der Waals surface area contributed by atoms with Crippen molar-refractivity contribution in [1.82, 2.24) is 19.5 Å². The number of nitrogens with zero attached hydrogens (tertiary/aromatic N) is 5. The quantitative estimate of drug-likeness (QED) is 0.161. The Kier molecular flexibility index (Phi) is 8.56. The molecule has 0 saturated carbocycles. The third-order valence-electron chi connectivity index (χ3n) is 12.4. The van der Waals surface area contributed by atoms with E-state index in [0.29, 0.717) is 17.5 Å². The van der Waals surface area contributed by atoms with Gasteiger partial charge < -0.3 is 9.47 Å². The number of rotatable bonds is 7. The van der Waals surface area contributed by atoms with Gasteiger partial charge in [-0.1, -0.05) is 158 Å². The van der Waals surface area contributed by atoms with Crippen LogP contribution >= 0.6 is 0 Å². The summed E-state index contributed by atoms with van der Waals surface area (Å²) in [7, 11) is 0. The molecule has 0 fully saturated rings. The molecule has 1 unspecified atom stereocenters. The fraction of sp³-hybridized carbons (Fsp3) is 0.0351. The normalized spacial score (nSPS) is 15.6. The van der Waals surface area contributed by atoms with Crippen LogP contribution in [0.1, 0.15) is 17.5 Å². The van der Waals surface area contributed by atoms with Crippen molar-refractivity contribution in [2.24, 2.45) is 0 Å². The number of benzene rings is 7. The lowest BCUT2D eigenvalue weighted by molar-refractivity contribution is 0.915. The molecule has 0 saturated heterocycles. The van der Waals surface area contributed by atoms with Gasteiger partial charge >= 0.3 is 0 Å². The predicted molar refractivity (Wildman–Crippen MR) is 254 cm³/mol. The molecule has 0 bridgehead atoms. The van der Waals surface area contributed by atoms with E-state index in [2.05, 4.69) is 167 Å². The minimum Gasteiger partial charge on any atom is -0.330 e. The minimum atomic E-state index is 0.0887. The number of para-hydroxylation sites is 1. The van der Waals surface area contributed by atoms with E-state index in [0.717, 1.165) is 39.8 Å². The first-order valence-corrected chi connectivity index (χ1v) is 21.2. The monoisotopic (exact) mass is 793 g/mol. The first-order valence-electron chi connectivity index (χ1n) is 21.2. The lowest BCUT2D eigenvalue weighted by Crippen LogP contribution is -2.30. The summed E-state index contributed by atoms with van der Waals surface area (Å²) in [6.45, 7) is 0. The van der Waals surface area contributed by atoms with Crippen molar-refractivity contribution in [3.63, 3.8) is 0 Å². The zero-order valence-electron chi connectivity index (χ0n) is 33.8. The molecule has 2 aliphatic carbocycles. The molecule has 5 nitrogen and oxygen atoms in total. The molecular formula is C57H39N5. The molecule has 3 aliphatic rings. The Morgan fingerprint density at radius 2 is 0.984 bits per heavy atom. The average molecular weight is 794 g/mol. The SMILES string of the molecule is C1=CC2C(=C3CC(c4ccccc4)=CC=C3N2c2ccc3c(c2)c2ccccc2n3-c2ccc(-c3nc(-c4ccccc4)nc(-c4ccccc4)n3)cc2)C=C1c1ccccc1. The summed E-state index contributed by atoms with van der Waals surface area (Å²) in [6, 6.07) is 66.2. The fourth-order valence-electron chi connectivity index (χ4n) is 9.38. The Labute approximate surface area is 360 Å². The molecule has 0 N–H and O–H groups in total. The van der Waals surface area contributed by atoms with Crippen LogP contribution in [0.25, 0.3) is 72.8 Å². The summed E-state index contributed by atoms with van der Waals surface area (Å²) in [5.41, 5.74) is 16.5. The second-order valence-corrected chi connectivity index (χ2v) is 16.0. The van der Waals surface area contributed by atoms with Crippen molar-refractivity contribution < 1.29 is 0 Å². The van der Waals surface area contributed by atoms with E-state index in [1.54, 1.807) is 0 Å². The van der Waals surface area contributed by atoms with Gasteiger partial charge in [-0.2, -0.15) is 0 Å². The zero-order chi connectivity index (χ0) is 41.0. The van der Waals surface area contributed by atoms with E-state index in [4.69, 9.17) is 15.0 Å². The van der Waals surface area contributed by atoms with Crippen molar-refractivity contribution in [3.05, 3.63) is 246 Å². The van der Waals surface area contributed by atoms with Gasteiger partial charge in [0.05, 0.1) is 17.1 Å². The largest absolute Gasteiger partial charge is 0.330 e. The van der Waals surface area contributed by atoms with E-state index in [9.17, 15) is 0 Å². The molecular weight excluding hydrogens is 755 g/mol. The first kappa shape index (κ1) is 35.8. The Balaban J connectivity index is 0.945. The Hall–Kier alpha value is -8.15. The summed E-state index contributed by atoms with van der Waals surface area (Å²) in [5.74, 6) is 1.94. The van der Waals surface area contributed by atoms with Crippen molar-refractivity contribution in [3.8, 4) is 39.9 Å². The molecule has 0 amide bonds. The van der Waals surface area contributed by atoms with Gasteiger partial charge in [0.15, 0.2) is 17.5 Å². The van der Waals surface area contributed by atoms with Crippen molar-refractivity contribution >= 4 is 38.6 Å². The molecule has 3 heterocycles. The average Bonchev–Trinajstić information content (AvgIpc) is 3.86. The summed E-state index contributed by atoms with van der Waals surface area (Å²) < 4.78 is 2.37. The van der Waals surface area contributed by atoms with Crippen molar-refractivity contribution in [2.45, 2.75) is 12.5 Å². The maximum atomic E-state index is 4.98. The zero-order valence-corrected chi connectivity index (χ0v) is 33.8. The van der Waals surface area contributed by atoms with Gasteiger partial charge in [-0.25, -0.2) is 15.0 Å². The van der Waals surface area contributed by atoms with Crippen LogP contribution in [0.5, 0.6) is 0 Å². The summed E-state index contributed by atoms with van der Waals surface area (Å²) in [4.78, 5) is 17.4. The van der Waals surface area contributed by atoms with Crippen LogP contribution < -0.4 is 4.90 Å². The smallest absolute Gasteiger partial charge is 0.164 e. The van der Waals surface area contributed by atoms with E-state index in [1.807, 2.05) is 60.7 Å². The third kappa shape index (κ3) is 6.13. The molecule has 9 aromatic rings. The molecule has 1 atom stereocenters. The molecule has 62 heavy (non-hydrogen) atoms. The summed E-state index contributed by atoms with van der Waals surface area (Å²) in [5, 5.41) is 2.43. The number of fused-ring (bicyclic) bond motifs is 5. The molecule has 7 aromatic carbocycles. The van der Waals surface area contributed by atoms with Crippen LogP contribution in [0.3, 0.4) is 0 Å². The van der Waals surface area contributed by atoms with Crippen molar-refractivity contribution in [1.29, 1.82) is 0 Å². The molecule has 292 valence electrons. The Morgan fingerprint density at radius 1 is 0.452 bits per heavy atom. The Bertz CT molecular complexity index is 3280. The second kappa shape index (κ2) is 14.8. The van der Waals surface area contributed by atoms with E-state index in [-0.39, 0.29) is 6.04 Å². The highest BCUT2D eigenvalue weighted by molar-refractivity contribution is 6.10. The number of anilines is 1. The highest BCUT2D eigenvalue weighted by atomic mass is 15.2. The minimum absolute atomic E-state index is 0.0887. The van der Waals surface area contributed by atoms with Gasteiger partial charge in [0.1, 0.15) is 0 Å². The molecule has 0 radical (unpaired) electrons. The van der Waals surface area contributed by atoms with Gasteiger partial charge in [0.2, 0.25) is 0 Å². The van der Waals surface area contributed by atoms with Crippen LogP contribution in [0.2, 0.25) is 0 Å². The number of allylic oxidation sites excluding steroid dienone is 6. The molecule has 12 rings (SSSR count). The van der Waals surface area contributed by atoms with Crippen LogP contribution in [0.15, 0.2) is 235 Å². The highest BCUT2D eigenvalue weighted by Crippen LogP contribution is 2.48. The summed E-state index contributed by atoms with van der Waals surface area (Å²) in [6.07, 6.45) is 12.7. The first-order chi connectivity index (χ1) is 30.7. The lowest BCUT2D eigenvalue weighted by atomic mass is 9.87. The van der Waals surface area contributed by atoms with Gasteiger partial charge in [0, 0.05) is 51.0 Å². The standard InChI is InChI=1S/C57H39N5/c1-5-15-38(16-6-1)43-27-32-52-48(35-43)49-36-44(39-17-7-2-8-18-39)28-33-53(49)62(52)46-31-34-54-50(37-46)47-23-13-14-24-51(47)61(54)45-29-25-42(26-30-45)57-59-55(40-19-9-3-10-20-40)58-56(60-57)41-21-11-4-12-22-41/h1-35,37,52H,36H2. The van der Waals surface area contributed by atoms with Crippen LogP contribution in [0.4, 0.5) is 5.69 Å². The second-order valence-electron chi connectivity index (χ2n) is 16.0. The number of aromatic nitrogens is 4. The third-order valence-corrected chi connectivity index (χ3v) is 12.4. The lowest BCUT2D eigenvalue weighted by Gasteiger charge is -2.30. The van der Waals surface area contributed by atoms with Gasteiger partial charge in [-0.05, 0) is 94.1 Å². The highest BCUT2D eigenvalue weighted by Gasteiger charge is 2.37. The molecule has 1 aliphatic heterocycles. The van der Waals surface area contributed by atoms with Crippen LogP contribution in [-0.4, -0.2) is 25.6 Å².